The van der Waals surface area contributed by atoms with Gasteiger partial charge in [0.25, 0.3) is 0 Å². The van der Waals surface area contributed by atoms with Gasteiger partial charge < -0.3 is 19.7 Å². The Kier molecular flexibility index (Phi) is 7.87. The summed E-state index contributed by atoms with van der Waals surface area (Å²) in [7, 11) is 5.99. The van der Waals surface area contributed by atoms with Crippen LogP contribution in [-0.4, -0.2) is 57.5 Å². The number of benzene rings is 1. The maximum absolute atomic E-state index is 12.7. The molecule has 0 bridgehead atoms. The number of carbonyl (C=O) groups excluding carboxylic acids is 3. The Morgan fingerprint density at radius 1 is 1.03 bits per heavy atom. The van der Waals surface area contributed by atoms with Crippen molar-refractivity contribution in [3.63, 3.8) is 0 Å². The molecule has 1 aliphatic rings. The van der Waals surface area contributed by atoms with Gasteiger partial charge in [-0.1, -0.05) is 31.0 Å². The van der Waals surface area contributed by atoms with Gasteiger partial charge in [-0.2, -0.15) is 4.99 Å². The number of esters is 2. The van der Waals surface area contributed by atoms with Crippen molar-refractivity contribution in [2.75, 3.05) is 32.6 Å². The van der Waals surface area contributed by atoms with Crippen LogP contribution in [0.5, 0.6) is 0 Å². The highest BCUT2D eigenvalue weighted by molar-refractivity contribution is 7.82. The highest BCUT2D eigenvalue weighted by Crippen LogP contribution is 2.43. The van der Waals surface area contributed by atoms with E-state index in [1.807, 2.05) is 0 Å². The van der Waals surface area contributed by atoms with E-state index in [9.17, 15) is 14.4 Å². The molecule has 0 spiro atoms. The number of nitrogens with zero attached hydrogens (tertiary/aromatic N) is 3. The summed E-state index contributed by atoms with van der Waals surface area (Å²) in [4.78, 5) is 43.4. The molecule has 1 N–H and O–H groups in total. The second kappa shape index (κ2) is 10.2. The summed E-state index contributed by atoms with van der Waals surface area (Å²) < 4.78 is 11.0. The van der Waals surface area contributed by atoms with E-state index in [-0.39, 0.29) is 11.1 Å². The van der Waals surface area contributed by atoms with E-state index < -0.39 is 23.9 Å². The van der Waals surface area contributed by atoms with Crippen molar-refractivity contribution in [3.05, 3.63) is 52.4 Å². The molecule has 31 heavy (non-hydrogen) atoms. The number of allylic oxidation sites excluding steroid dienone is 2. The van der Waals surface area contributed by atoms with Crippen LogP contribution in [0.1, 0.15) is 25.3 Å². The average Bonchev–Trinajstić information content (AvgIpc) is 2.75. The molecular formula is C21H26N4O5S. The van der Waals surface area contributed by atoms with Crippen LogP contribution in [0.15, 0.2) is 51.8 Å². The van der Waals surface area contributed by atoms with Gasteiger partial charge in [-0.05, 0) is 25.5 Å². The number of urea groups is 1. The predicted octanol–water partition coefficient (Wildman–Crippen LogP) is 2.63. The van der Waals surface area contributed by atoms with Crippen LogP contribution in [0.4, 0.5) is 10.5 Å². The smallest absolute Gasteiger partial charge is 0.359 e. The largest absolute Gasteiger partial charge is 0.466 e. The Labute approximate surface area is 186 Å². The molecule has 2 rings (SSSR count). The average molecular weight is 447 g/mol. The fraction of sp³-hybridized carbons (Fsp3) is 0.333. The van der Waals surface area contributed by atoms with E-state index in [4.69, 9.17) is 9.47 Å². The fourth-order valence-corrected chi connectivity index (χ4v) is 3.55. The number of hydrogen-bond donors (Lipinski definition) is 2. The first-order chi connectivity index (χ1) is 14.6. The summed E-state index contributed by atoms with van der Waals surface area (Å²) in [5, 5.41) is 3.04. The van der Waals surface area contributed by atoms with Gasteiger partial charge in [0.05, 0.1) is 43.3 Å². The maximum atomic E-state index is 12.7. The zero-order valence-electron chi connectivity index (χ0n) is 18.3. The number of methoxy groups -OCH3 is 2. The molecule has 10 heteroatoms. The maximum Gasteiger partial charge on any atom is 0.359 e. The van der Waals surface area contributed by atoms with Crippen molar-refractivity contribution in [1.29, 1.82) is 0 Å². The SMILES string of the molecule is COC(=O)C1=C(C)NC(C)=C(C(=O)OC)C1c1ccccc1N(S)C(=O)N=CN(C)C. The molecular weight excluding hydrogens is 420 g/mol. The Bertz CT molecular complexity index is 946. The third-order valence-electron chi connectivity index (χ3n) is 4.63. The van der Waals surface area contributed by atoms with Crippen LogP contribution in [0.2, 0.25) is 0 Å². The predicted molar refractivity (Wildman–Crippen MR) is 121 cm³/mol. The molecule has 166 valence electrons. The van der Waals surface area contributed by atoms with Gasteiger partial charge in [0.1, 0.15) is 0 Å². The molecule has 0 aliphatic carbocycles. The first-order valence-electron chi connectivity index (χ1n) is 9.31. The van der Waals surface area contributed by atoms with Crippen molar-refractivity contribution in [3.8, 4) is 0 Å². The quantitative estimate of drug-likeness (QED) is 0.310. The van der Waals surface area contributed by atoms with Gasteiger partial charge in [0.2, 0.25) is 0 Å². The van der Waals surface area contributed by atoms with Crippen LogP contribution in [0.25, 0.3) is 0 Å². The highest BCUT2D eigenvalue weighted by atomic mass is 32.1. The Hall–Kier alpha value is -3.27. The van der Waals surface area contributed by atoms with Gasteiger partial charge >= 0.3 is 18.0 Å². The number of hydrogen-bond acceptors (Lipinski definition) is 7. The lowest BCUT2D eigenvalue weighted by Gasteiger charge is -2.32. The van der Waals surface area contributed by atoms with Crippen LogP contribution >= 0.6 is 12.8 Å². The van der Waals surface area contributed by atoms with Gasteiger partial charge in [-0.3, -0.25) is 0 Å². The van der Waals surface area contributed by atoms with E-state index in [1.165, 1.54) is 20.6 Å². The molecule has 1 heterocycles. The van der Waals surface area contributed by atoms with Crippen LogP contribution in [-0.2, 0) is 19.1 Å². The molecule has 0 aromatic heterocycles. The fourth-order valence-electron chi connectivity index (χ4n) is 3.31. The summed E-state index contributed by atoms with van der Waals surface area (Å²) in [6, 6.07) is 6.18. The molecule has 2 amide bonds. The zero-order chi connectivity index (χ0) is 23.3. The van der Waals surface area contributed by atoms with E-state index in [0.29, 0.717) is 22.6 Å². The molecule has 9 nitrogen and oxygen atoms in total. The lowest BCUT2D eigenvalue weighted by Crippen LogP contribution is -2.33. The van der Waals surface area contributed by atoms with Gasteiger partial charge in [-0.15, -0.1) is 0 Å². The number of thiol groups is 1. The lowest BCUT2D eigenvalue weighted by atomic mass is 9.79. The Morgan fingerprint density at radius 3 is 2.03 bits per heavy atom. The van der Waals surface area contributed by atoms with Crippen LogP contribution in [0, 0.1) is 0 Å². The van der Waals surface area contributed by atoms with Crippen molar-refractivity contribution < 1.29 is 23.9 Å². The van der Waals surface area contributed by atoms with Crippen LogP contribution in [0.3, 0.4) is 0 Å². The van der Waals surface area contributed by atoms with E-state index in [2.05, 4.69) is 23.1 Å². The second-order valence-electron chi connectivity index (χ2n) is 6.98. The molecule has 1 aliphatic heterocycles. The Morgan fingerprint density at radius 2 is 1.55 bits per heavy atom. The number of rotatable bonds is 5. The standard InChI is InChI=1S/C21H26N4O5S/c1-12-16(19(26)29-5)18(17(13(2)23-12)20(27)30-6)14-9-7-8-10-15(14)25(31)21(28)22-11-24(3)4/h7-11,18,23,31H,1-6H3. The number of para-hydroxylation sites is 1. The third kappa shape index (κ3) is 5.08. The van der Waals surface area contributed by atoms with Gasteiger partial charge in [-0.25, -0.2) is 18.7 Å². The summed E-state index contributed by atoms with van der Waals surface area (Å²) in [6.45, 7) is 3.43. The van der Waals surface area contributed by atoms with Crippen molar-refractivity contribution in [2.45, 2.75) is 19.8 Å². The van der Waals surface area contributed by atoms with E-state index >= 15 is 0 Å². The second-order valence-corrected chi connectivity index (χ2v) is 7.38. The third-order valence-corrected chi connectivity index (χ3v) is 5.01. The van der Waals surface area contributed by atoms with E-state index in [0.717, 1.165) is 4.31 Å². The highest BCUT2D eigenvalue weighted by Gasteiger charge is 2.39. The number of nitrogens with one attached hydrogen (secondary N) is 1. The monoisotopic (exact) mass is 446 g/mol. The summed E-state index contributed by atoms with van der Waals surface area (Å²) in [6.07, 6.45) is 1.35. The number of aliphatic imine (C=N–C) groups is 1. The number of ether oxygens (including phenoxy) is 2. The zero-order valence-corrected chi connectivity index (χ0v) is 19.2. The topological polar surface area (TPSA) is 101 Å². The minimum atomic E-state index is -0.849. The molecule has 1 aromatic carbocycles. The molecule has 0 saturated heterocycles. The molecule has 0 radical (unpaired) electrons. The lowest BCUT2D eigenvalue weighted by molar-refractivity contribution is -0.137. The molecule has 0 fully saturated rings. The van der Waals surface area contributed by atoms with Crippen molar-refractivity contribution in [1.82, 2.24) is 10.2 Å². The summed E-state index contributed by atoms with van der Waals surface area (Å²) in [5.41, 5.74) is 2.37. The minimum Gasteiger partial charge on any atom is -0.466 e. The number of amides is 2. The molecule has 0 atom stereocenters. The summed E-state index contributed by atoms with van der Waals surface area (Å²) >= 11 is 4.33. The number of anilines is 1. The van der Waals surface area contributed by atoms with Crippen molar-refractivity contribution >= 4 is 42.8 Å². The first kappa shape index (κ1) is 24.0. The first-order valence-corrected chi connectivity index (χ1v) is 9.71. The van der Waals surface area contributed by atoms with Gasteiger partial charge in [0.15, 0.2) is 0 Å². The molecule has 0 saturated carbocycles. The minimum absolute atomic E-state index is 0.229. The summed E-state index contributed by atoms with van der Waals surface area (Å²) in [5.74, 6) is -2.07. The van der Waals surface area contributed by atoms with E-state index in [1.54, 1.807) is 57.1 Å². The van der Waals surface area contributed by atoms with Crippen molar-refractivity contribution in [2.24, 2.45) is 4.99 Å². The van der Waals surface area contributed by atoms with Gasteiger partial charge in [0, 0.05) is 25.5 Å². The normalized spacial score (nSPS) is 14.4. The number of carbonyl (C=O) groups is 3. The van der Waals surface area contributed by atoms with Crippen LogP contribution < -0.4 is 9.62 Å². The molecule has 1 aromatic rings. The number of dihydropyridines is 1. The molecule has 0 unspecified atom stereocenters. The Balaban J connectivity index is 2.72.